The summed E-state index contributed by atoms with van der Waals surface area (Å²) in [5.41, 5.74) is 0.153. The molecule has 1 amide bonds. The van der Waals surface area contributed by atoms with E-state index >= 15 is 0 Å². The largest absolute Gasteiger partial charge is 0.323 e. The fourth-order valence-electron chi connectivity index (χ4n) is 0.981. The summed E-state index contributed by atoms with van der Waals surface area (Å²) in [6.45, 7) is 3.81. The minimum atomic E-state index is -0.533. The third-order valence-electron chi connectivity index (χ3n) is 1.87. The first-order valence-corrected chi connectivity index (χ1v) is 5.48. The number of alkyl halides is 1. The number of nitrogens with one attached hydrogen (secondary N) is 1. The maximum atomic E-state index is 13.1. The van der Waals surface area contributed by atoms with Crippen molar-refractivity contribution < 1.29 is 9.18 Å². The van der Waals surface area contributed by atoms with Crippen LogP contribution in [0.2, 0.25) is 0 Å². The van der Waals surface area contributed by atoms with Gasteiger partial charge in [-0.15, -0.1) is 0 Å². The molecule has 0 aliphatic heterocycles. The molecule has 1 aromatic rings. The van der Waals surface area contributed by atoms with E-state index in [1.807, 2.05) is 13.8 Å². The summed E-state index contributed by atoms with van der Waals surface area (Å²) < 4.78 is 13.1. The number of amides is 1. The van der Waals surface area contributed by atoms with Gasteiger partial charge in [0.2, 0.25) is 5.91 Å². The lowest BCUT2D eigenvalue weighted by Gasteiger charge is -2.13. The number of hydrogen-bond donors (Lipinski definition) is 1. The van der Waals surface area contributed by atoms with Crippen LogP contribution in [0.1, 0.15) is 13.8 Å². The minimum Gasteiger partial charge on any atom is -0.323 e. The lowest BCUT2D eigenvalue weighted by Crippen LogP contribution is -2.27. The molecule has 0 aliphatic rings. The fraction of sp³-hybridized carbons (Fsp3) is 0.400. The Hall–Kier alpha value is -0.970. The van der Waals surface area contributed by atoms with Gasteiger partial charge in [-0.2, -0.15) is 0 Å². The number of hydrogen-bond acceptors (Lipinski definition) is 2. The van der Waals surface area contributed by atoms with Crippen molar-refractivity contribution >= 4 is 27.5 Å². The monoisotopic (exact) mass is 274 g/mol. The summed E-state index contributed by atoms with van der Waals surface area (Å²) in [7, 11) is 0. The van der Waals surface area contributed by atoms with Crippen molar-refractivity contribution in [3.63, 3.8) is 0 Å². The predicted molar refractivity (Wildman–Crippen MR) is 60.4 cm³/mol. The normalized spacial score (nSPS) is 12.6. The number of aromatic nitrogens is 1. The van der Waals surface area contributed by atoms with Gasteiger partial charge >= 0.3 is 0 Å². The third kappa shape index (κ3) is 3.27. The third-order valence-corrected chi connectivity index (χ3v) is 3.34. The van der Waals surface area contributed by atoms with Gasteiger partial charge in [-0.05, 0) is 12.0 Å². The molecule has 15 heavy (non-hydrogen) atoms. The molecular formula is C10H12BrFN2O. The second kappa shape index (κ2) is 5.21. The van der Waals surface area contributed by atoms with Gasteiger partial charge in [-0.1, -0.05) is 29.8 Å². The summed E-state index contributed by atoms with van der Waals surface area (Å²) in [5, 5.41) is 2.49. The van der Waals surface area contributed by atoms with Crippen LogP contribution in [-0.4, -0.2) is 15.7 Å². The average Bonchev–Trinajstić information content (AvgIpc) is 2.20. The van der Waals surface area contributed by atoms with Crippen molar-refractivity contribution in [1.82, 2.24) is 4.98 Å². The predicted octanol–water partition coefficient (Wildman–Crippen LogP) is 2.58. The Bertz CT molecular complexity index is 357. The van der Waals surface area contributed by atoms with Crippen LogP contribution in [0.4, 0.5) is 10.1 Å². The molecule has 1 rings (SSSR count). The van der Waals surface area contributed by atoms with Gasteiger partial charge in [-0.3, -0.25) is 9.78 Å². The Morgan fingerprint density at radius 1 is 1.60 bits per heavy atom. The van der Waals surface area contributed by atoms with Crippen molar-refractivity contribution in [2.45, 2.75) is 18.7 Å². The molecule has 0 aromatic carbocycles. The van der Waals surface area contributed by atoms with Gasteiger partial charge in [0.15, 0.2) is 5.82 Å². The second-order valence-corrected chi connectivity index (χ2v) is 4.48. The number of pyridine rings is 1. The van der Waals surface area contributed by atoms with Gasteiger partial charge in [0.05, 0.1) is 16.7 Å². The highest BCUT2D eigenvalue weighted by Crippen LogP contribution is 2.16. The Morgan fingerprint density at radius 3 is 2.80 bits per heavy atom. The van der Waals surface area contributed by atoms with E-state index in [0.29, 0.717) is 0 Å². The van der Waals surface area contributed by atoms with E-state index in [4.69, 9.17) is 0 Å². The molecule has 3 nitrogen and oxygen atoms in total. The zero-order valence-electron chi connectivity index (χ0n) is 8.50. The number of carbonyl (C=O) groups is 1. The van der Waals surface area contributed by atoms with E-state index in [-0.39, 0.29) is 22.3 Å². The summed E-state index contributed by atoms with van der Waals surface area (Å²) in [5.74, 6) is -0.640. The highest BCUT2D eigenvalue weighted by Gasteiger charge is 2.19. The molecular weight excluding hydrogens is 263 g/mol. The highest BCUT2D eigenvalue weighted by atomic mass is 79.9. The second-order valence-electron chi connectivity index (χ2n) is 3.49. The summed E-state index contributed by atoms with van der Waals surface area (Å²) in [6.07, 6.45) is 2.49. The zero-order chi connectivity index (χ0) is 11.4. The molecule has 0 fully saturated rings. The average molecular weight is 275 g/mol. The number of nitrogens with zero attached hydrogens (tertiary/aromatic N) is 1. The van der Waals surface area contributed by atoms with E-state index in [1.54, 1.807) is 0 Å². The van der Waals surface area contributed by atoms with Gasteiger partial charge < -0.3 is 5.32 Å². The maximum Gasteiger partial charge on any atom is 0.238 e. The number of rotatable bonds is 3. The molecule has 1 N–H and O–H groups in total. The maximum absolute atomic E-state index is 13.1. The van der Waals surface area contributed by atoms with Crippen molar-refractivity contribution in [1.29, 1.82) is 0 Å². The quantitative estimate of drug-likeness (QED) is 0.861. The summed E-state index contributed by atoms with van der Waals surface area (Å²) in [6, 6.07) is 1.42. The molecule has 0 saturated carbocycles. The highest BCUT2D eigenvalue weighted by molar-refractivity contribution is 9.10. The van der Waals surface area contributed by atoms with Gasteiger partial charge in [0.25, 0.3) is 0 Å². The molecule has 0 radical (unpaired) electrons. The molecule has 0 aliphatic carbocycles. The lowest BCUT2D eigenvalue weighted by molar-refractivity contribution is -0.116. The zero-order valence-corrected chi connectivity index (χ0v) is 10.1. The lowest BCUT2D eigenvalue weighted by atomic mass is 10.1. The Labute approximate surface area is 96.2 Å². The molecule has 0 saturated heterocycles. The van der Waals surface area contributed by atoms with E-state index in [9.17, 15) is 9.18 Å². The van der Waals surface area contributed by atoms with Gasteiger partial charge in [0, 0.05) is 6.20 Å². The standard InChI is InChI=1S/C10H12BrFN2O/c1-6(2)9(11)10(15)14-8-3-4-13-5-7(8)12/h3-6,9H,1-2H3,(H,13,14,15). The van der Waals surface area contributed by atoms with E-state index < -0.39 is 5.82 Å². The molecule has 0 spiro atoms. The molecule has 1 heterocycles. The van der Waals surface area contributed by atoms with E-state index in [1.165, 1.54) is 12.3 Å². The molecule has 1 aromatic heterocycles. The van der Waals surface area contributed by atoms with Gasteiger partial charge in [0.1, 0.15) is 0 Å². The topological polar surface area (TPSA) is 42.0 Å². The molecule has 1 atom stereocenters. The fourth-order valence-corrected chi connectivity index (χ4v) is 1.10. The van der Waals surface area contributed by atoms with E-state index in [2.05, 4.69) is 26.2 Å². The summed E-state index contributed by atoms with van der Waals surface area (Å²) >= 11 is 3.24. The first-order chi connectivity index (χ1) is 7.02. The number of anilines is 1. The van der Waals surface area contributed by atoms with Crippen LogP contribution in [-0.2, 0) is 4.79 Å². The Morgan fingerprint density at radius 2 is 2.27 bits per heavy atom. The minimum absolute atomic E-state index is 0.148. The number of carbonyl (C=O) groups excluding carboxylic acids is 1. The van der Waals surface area contributed by atoms with Crippen molar-refractivity contribution in [3.8, 4) is 0 Å². The van der Waals surface area contributed by atoms with E-state index in [0.717, 1.165) is 6.20 Å². The Kier molecular flexibility index (Phi) is 4.20. The van der Waals surface area contributed by atoms with Crippen molar-refractivity contribution in [3.05, 3.63) is 24.3 Å². The first kappa shape index (κ1) is 12.1. The number of halogens is 2. The van der Waals surface area contributed by atoms with Crippen LogP contribution < -0.4 is 5.32 Å². The van der Waals surface area contributed by atoms with Crippen LogP contribution in [0.15, 0.2) is 18.5 Å². The SMILES string of the molecule is CC(C)C(Br)C(=O)Nc1ccncc1F. The molecule has 0 bridgehead atoms. The molecule has 5 heteroatoms. The van der Waals surface area contributed by atoms with Crippen LogP contribution in [0.3, 0.4) is 0 Å². The van der Waals surface area contributed by atoms with Crippen molar-refractivity contribution in [2.24, 2.45) is 5.92 Å². The van der Waals surface area contributed by atoms with Crippen LogP contribution in [0.5, 0.6) is 0 Å². The van der Waals surface area contributed by atoms with Crippen LogP contribution >= 0.6 is 15.9 Å². The molecule has 82 valence electrons. The van der Waals surface area contributed by atoms with Crippen LogP contribution in [0.25, 0.3) is 0 Å². The van der Waals surface area contributed by atoms with Crippen LogP contribution in [0, 0.1) is 11.7 Å². The molecule has 1 unspecified atom stereocenters. The van der Waals surface area contributed by atoms with Crippen molar-refractivity contribution in [2.75, 3.05) is 5.32 Å². The first-order valence-electron chi connectivity index (χ1n) is 4.57. The smallest absolute Gasteiger partial charge is 0.238 e. The van der Waals surface area contributed by atoms with Gasteiger partial charge in [-0.25, -0.2) is 4.39 Å². The summed E-state index contributed by atoms with van der Waals surface area (Å²) in [4.78, 5) is 14.8. The Balaban J connectivity index is 2.71.